The molecule has 0 N–H and O–H groups in total. The summed E-state index contributed by atoms with van der Waals surface area (Å²) in [7, 11) is 0. The molecule has 0 saturated carbocycles. The van der Waals surface area contributed by atoms with Crippen molar-refractivity contribution in [3.8, 4) is 11.5 Å². The number of ether oxygens (including phenoxy) is 2. The van der Waals surface area contributed by atoms with Gasteiger partial charge >= 0.3 is 12.5 Å². The Balaban J connectivity index is 0.000000283. The van der Waals surface area contributed by atoms with Gasteiger partial charge in [0.1, 0.15) is 17.9 Å². The summed E-state index contributed by atoms with van der Waals surface area (Å²) in [5.74, 6) is -1.77. The van der Waals surface area contributed by atoms with E-state index in [0.717, 1.165) is 12.1 Å². The van der Waals surface area contributed by atoms with Crippen molar-refractivity contribution in [3.63, 3.8) is 0 Å². The van der Waals surface area contributed by atoms with Crippen LogP contribution in [0.1, 0.15) is 29.8 Å². The van der Waals surface area contributed by atoms with Crippen LogP contribution in [-0.2, 0) is 0 Å². The van der Waals surface area contributed by atoms with Gasteiger partial charge in [-0.2, -0.15) is 17.6 Å². The third-order valence-corrected chi connectivity index (χ3v) is 2.98. The number of aryl methyl sites for hydroxylation is 1. The average Bonchev–Trinajstić information content (AvgIpc) is 2.55. The highest BCUT2D eigenvalue weighted by molar-refractivity contribution is 5.75. The van der Waals surface area contributed by atoms with E-state index in [2.05, 4.69) is 4.74 Å². The molecule has 0 radical (unpaired) electrons. The van der Waals surface area contributed by atoms with Crippen LogP contribution in [-0.4, -0.2) is 24.9 Å². The molecule has 0 aliphatic carbocycles. The van der Waals surface area contributed by atoms with E-state index in [1.165, 1.54) is 25.1 Å². The fourth-order valence-electron chi connectivity index (χ4n) is 1.90. The molecule has 0 aliphatic rings. The molecular formula is C19H18F6O3. The van der Waals surface area contributed by atoms with Gasteiger partial charge in [-0.1, -0.05) is 0 Å². The van der Waals surface area contributed by atoms with Gasteiger partial charge in [0.25, 0.3) is 0 Å². The normalized spacial score (nSPS) is 11.1. The summed E-state index contributed by atoms with van der Waals surface area (Å²) in [6.45, 7) is 5.02. The molecule has 0 unspecified atom stereocenters. The van der Waals surface area contributed by atoms with Crippen LogP contribution in [0, 0.1) is 18.6 Å². The van der Waals surface area contributed by atoms with Crippen LogP contribution < -0.4 is 9.47 Å². The molecular weight excluding hydrogens is 390 g/mol. The lowest BCUT2D eigenvalue weighted by molar-refractivity contribution is -0.253. The number of hydrogen-bond donors (Lipinski definition) is 0. The van der Waals surface area contributed by atoms with Crippen LogP contribution in [0.15, 0.2) is 36.4 Å². The lowest BCUT2D eigenvalue weighted by Gasteiger charge is -2.16. The van der Waals surface area contributed by atoms with E-state index in [4.69, 9.17) is 4.74 Å². The largest absolute Gasteiger partial charge is 0.488 e. The van der Waals surface area contributed by atoms with E-state index in [0.29, 0.717) is 23.5 Å². The second-order valence-corrected chi connectivity index (χ2v) is 5.90. The van der Waals surface area contributed by atoms with Crippen LogP contribution in [0.25, 0.3) is 0 Å². The Morgan fingerprint density at radius 3 is 2.18 bits per heavy atom. The summed E-state index contributed by atoms with van der Waals surface area (Å²) in [6, 6.07) is 6.75. The third kappa shape index (κ3) is 7.50. The Hall–Kier alpha value is -2.71. The lowest BCUT2D eigenvalue weighted by atomic mass is 10.2. The van der Waals surface area contributed by atoms with E-state index in [1.807, 2.05) is 0 Å². The predicted octanol–water partition coefficient (Wildman–Crippen LogP) is 5.80. The van der Waals surface area contributed by atoms with Gasteiger partial charge in [-0.05, 0) is 56.7 Å². The Morgan fingerprint density at radius 1 is 1.04 bits per heavy atom. The monoisotopic (exact) mass is 408 g/mol. The maximum atomic E-state index is 13.0. The zero-order chi connectivity index (χ0) is 21.5. The zero-order valence-electron chi connectivity index (χ0n) is 15.2. The van der Waals surface area contributed by atoms with Gasteiger partial charge in [0, 0.05) is 11.6 Å². The number of rotatable bonds is 6. The lowest BCUT2D eigenvalue weighted by Crippen LogP contribution is -2.33. The van der Waals surface area contributed by atoms with Gasteiger partial charge in [0.15, 0.2) is 11.6 Å². The van der Waals surface area contributed by atoms with E-state index in [1.54, 1.807) is 13.8 Å². The highest BCUT2D eigenvalue weighted by Gasteiger charge is 2.44. The molecule has 2 aromatic rings. The fraction of sp³-hybridized carbons (Fsp3) is 0.316. The highest BCUT2D eigenvalue weighted by atomic mass is 19.3. The summed E-state index contributed by atoms with van der Waals surface area (Å²) >= 11 is 0. The first kappa shape index (κ1) is 23.3. The minimum absolute atomic E-state index is 0.101. The molecule has 0 fully saturated rings. The van der Waals surface area contributed by atoms with Gasteiger partial charge in [0.05, 0.1) is 6.10 Å². The van der Waals surface area contributed by atoms with Crippen LogP contribution in [0.4, 0.5) is 26.3 Å². The minimum Gasteiger partial charge on any atom is -0.488 e. The molecule has 28 heavy (non-hydrogen) atoms. The van der Waals surface area contributed by atoms with Crippen LogP contribution in [0.2, 0.25) is 0 Å². The predicted molar refractivity (Wildman–Crippen MR) is 90.3 cm³/mol. The van der Waals surface area contributed by atoms with Crippen molar-refractivity contribution in [2.45, 2.75) is 39.4 Å². The zero-order valence-corrected chi connectivity index (χ0v) is 15.2. The van der Waals surface area contributed by atoms with Crippen molar-refractivity contribution in [2.75, 3.05) is 0 Å². The topological polar surface area (TPSA) is 35.5 Å². The SMILES string of the molecule is CC(C)Oc1cc(C=O)ccc1F.Cc1cc(F)cc(OC(F)(F)C(F)F)c1. The summed E-state index contributed by atoms with van der Waals surface area (Å²) in [5.41, 5.74) is 0.715. The summed E-state index contributed by atoms with van der Waals surface area (Å²) in [4.78, 5) is 10.4. The second-order valence-electron chi connectivity index (χ2n) is 5.90. The molecule has 0 atom stereocenters. The van der Waals surface area contributed by atoms with E-state index < -0.39 is 29.9 Å². The third-order valence-electron chi connectivity index (χ3n) is 2.98. The molecule has 2 aromatic carbocycles. The van der Waals surface area contributed by atoms with Crippen molar-refractivity contribution in [1.29, 1.82) is 0 Å². The highest BCUT2D eigenvalue weighted by Crippen LogP contribution is 2.28. The van der Waals surface area contributed by atoms with Gasteiger partial charge in [-0.3, -0.25) is 4.79 Å². The Labute approximate surface area is 157 Å². The molecule has 9 heteroatoms. The van der Waals surface area contributed by atoms with Crippen molar-refractivity contribution in [1.82, 2.24) is 0 Å². The minimum atomic E-state index is -4.61. The maximum Gasteiger partial charge on any atom is 0.461 e. The first-order valence-electron chi connectivity index (χ1n) is 7.98. The Bertz CT molecular complexity index is 773. The van der Waals surface area contributed by atoms with E-state index in [9.17, 15) is 31.1 Å². The number of aldehydes is 1. The molecule has 0 aliphatic heterocycles. The number of carbonyl (C=O) groups excluding carboxylic acids is 1. The standard InChI is InChI=1S/C10H11FO2.C9H7F5O/c1-7(2)13-10-5-8(6-12)3-4-9(10)11;1-5-2-6(10)4-7(3-5)15-9(13,14)8(11)12/h3-7H,1-2H3;2-4,8H,1H3. The Kier molecular flexibility index (Phi) is 8.34. The molecule has 0 bridgehead atoms. The van der Waals surface area contributed by atoms with Crippen LogP contribution in [0.3, 0.4) is 0 Å². The quantitative estimate of drug-likeness (QED) is 0.448. The molecule has 3 nitrogen and oxygen atoms in total. The van der Waals surface area contributed by atoms with Crippen LogP contribution >= 0.6 is 0 Å². The number of halogens is 6. The summed E-state index contributed by atoms with van der Waals surface area (Å²) < 4.78 is 82.8. The molecule has 154 valence electrons. The van der Waals surface area contributed by atoms with Crippen LogP contribution in [0.5, 0.6) is 11.5 Å². The van der Waals surface area contributed by atoms with Crippen molar-refractivity contribution in [3.05, 3.63) is 59.2 Å². The van der Waals surface area contributed by atoms with Gasteiger partial charge < -0.3 is 9.47 Å². The molecule has 0 heterocycles. The van der Waals surface area contributed by atoms with Crippen molar-refractivity contribution >= 4 is 6.29 Å². The summed E-state index contributed by atoms with van der Waals surface area (Å²) in [5, 5.41) is 0. The van der Waals surface area contributed by atoms with Gasteiger partial charge in [0.2, 0.25) is 0 Å². The summed E-state index contributed by atoms with van der Waals surface area (Å²) in [6.07, 6.45) is -8.01. The fourth-order valence-corrected chi connectivity index (χ4v) is 1.90. The maximum absolute atomic E-state index is 13.0. The van der Waals surface area contributed by atoms with E-state index in [-0.39, 0.29) is 11.9 Å². The molecule has 0 saturated heterocycles. The average molecular weight is 408 g/mol. The first-order valence-corrected chi connectivity index (χ1v) is 7.98. The Morgan fingerprint density at radius 2 is 1.68 bits per heavy atom. The number of benzene rings is 2. The van der Waals surface area contributed by atoms with Crippen molar-refractivity contribution in [2.24, 2.45) is 0 Å². The number of carbonyl (C=O) groups is 1. The molecule has 2 rings (SSSR count). The number of hydrogen-bond acceptors (Lipinski definition) is 3. The smallest absolute Gasteiger partial charge is 0.461 e. The van der Waals surface area contributed by atoms with Gasteiger partial charge in [-0.15, -0.1) is 0 Å². The van der Waals surface area contributed by atoms with Gasteiger partial charge in [-0.25, -0.2) is 8.78 Å². The first-order chi connectivity index (χ1) is 12.9. The molecule has 0 aromatic heterocycles. The van der Waals surface area contributed by atoms with Crippen molar-refractivity contribution < 1.29 is 40.6 Å². The second kappa shape index (κ2) is 10.0. The molecule has 0 amide bonds. The van der Waals surface area contributed by atoms with E-state index >= 15 is 0 Å². The number of alkyl halides is 4. The molecule has 0 spiro atoms.